The summed E-state index contributed by atoms with van der Waals surface area (Å²) in [6, 6.07) is 15.6. The van der Waals surface area contributed by atoms with Crippen LogP contribution in [0.4, 0.5) is 17.2 Å². The first-order valence-corrected chi connectivity index (χ1v) is 10.1. The second-order valence-corrected chi connectivity index (χ2v) is 7.67. The molecule has 0 saturated heterocycles. The molecule has 2 amide bonds. The standard InChI is InChI=1S/C19H16BrN5O3S/c20-12-6-8-13(9-7-12)22-14(26)10-29-19-24-16(21)15(18(28)25-19)23-17(27)11-4-2-1-3-5-11/h1-9H,10H2,(H,22,26)(H,23,27)(H3,21,24,25,28). The van der Waals surface area contributed by atoms with Crippen LogP contribution in [0.3, 0.4) is 0 Å². The molecule has 0 spiro atoms. The molecule has 29 heavy (non-hydrogen) atoms. The second-order valence-electron chi connectivity index (χ2n) is 5.80. The molecule has 0 saturated carbocycles. The number of amides is 2. The van der Waals surface area contributed by atoms with E-state index in [2.05, 4.69) is 36.5 Å². The third kappa shape index (κ3) is 5.69. The zero-order valence-electron chi connectivity index (χ0n) is 14.9. The molecule has 8 nitrogen and oxygen atoms in total. The molecule has 0 aliphatic heterocycles. The number of rotatable bonds is 6. The summed E-state index contributed by atoms with van der Waals surface area (Å²) in [4.78, 5) is 43.1. The minimum absolute atomic E-state index is 0.0220. The van der Waals surface area contributed by atoms with E-state index in [1.54, 1.807) is 42.5 Å². The topological polar surface area (TPSA) is 130 Å². The number of carbonyl (C=O) groups excluding carboxylic acids is 2. The van der Waals surface area contributed by atoms with Gasteiger partial charge in [0.05, 0.1) is 5.75 Å². The van der Waals surface area contributed by atoms with Gasteiger partial charge in [0.15, 0.2) is 11.0 Å². The monoisotopic (exact) mass is 473 g/mol. The molecule has 0 fully saturated rings. The third-order valence-electron chi connectivity index (χ3n) is 3.67. The highest BCUT2D eigenvalue weighted by atomic mass is 79.9. The molecule has 0 aliphatic carbocycles. The number of halogens is 1. The maximum atomic E-state index is 12.3. The van der Waals surface area contributed by atoms with Crippen LogP contribution in [-0.2, 0) is 4.79 Å². The Balaban J connectivity index is 1.63. The Morgan fingerprint density at radius 3 is 2.41 bits per heavy atom. The number of anilines is 3. The van der Waals surface area contributed by atoms with Gasteiger partial charge < -0.3 is 16.4 Å². The molecule has 5 N–H and O–H groups in total. The van der Waals surface area contributed by atoms with E-state index >= 15 is 0 Å². The Hall–Kier alpha value is -3.11. The Kier molecular flexibility index (Phi) is 6.68. The van der Waals surface area contributed by atoms with Gasteiger partial charge in [-0.25, -0.2) is 4.98 Å². The summed E-state index contributed by atoms with van der Waals surface area (Å²) in [5.41, 5.74) is 6.13. The van der Waals surface area contributed by atoms with Crippen molar-refractivity contribution in [3.8, 4) is 0 Å². The van der Waals surface area contributed by atoms with Crippen molar-refractivity contribution in [2.24, 2.45) is 0 Å². The number of nitrogens with two attached hydrogens (primary N) is 1. The van der Waals surface area contributed by atoms with Gasteiger partial charge in [-0.1, -0.05) is 45.9 Å². The fourth-order valence-electron chi connectivity index (χ4n) is 2.30. The van der Waals surface area contributed by atoms with Crippen LogP contribution >= 0.6 is 27.7 Å². The number of hydrogen-bond donors (Lipinski definition) is 4. The van der Waals surface area contributed by atoms with E-state index in [0.717, 1.165) is 16.2 Å². The summed E-state index contributed by atoms with van der Waals surface area (Å²) < 4.78 is 0.904. The number of thioether (sulfide) groups is 1. The fraction of sp³-hybridized carbons (Fsp3) is 0.0526. The lowest BCUT2D eigenvalue weighted by Crippen LogP contribution is -2.23. The number of nitrogen functional groups attached to an aromatic ring is 1. The smallest absolute Gasteiger partial charge is 0.277 e. The van der Waals surface area contributed by atoms with Gasteiger partial charge in [-0.15, -0.1) is 0 Å². The van der Waals surface area contributed by atoms with E-state index in [1.807, 2.05) is 12.1 Å². The minimum Gasteiger partial charge on any atom is -0.382 e. The predicted molar refractivity (Wildman–Crippen MR) is 117 cm³/mol. The van der Waals surface area contributed by atoms with Gasteiger partial charge in [0.2, 0.25) is 5.91 Å². The number of aromatic amines is 1. The van der Waals surface area contributed by atoms with Crippen LogP contribution in [0.25, 0.3) is 0 Å². The highest BCUT2D eigenvalue weighted by Crippen LogP contribution is 2.18. The maximum Gasteiger partial charge on any atom is 0.277 e. The summed E-state index contributed by atoms with van der Waals surface area (Å²) in [7, 11) is 0. The van der Waals surface area contributed by atoms with Crippen molar-refractivity contribution >= 4 is 56.7 Å². The van der Waals surface area contributed by atoms with Gasteiger partial charge in [-0.2, -0.15) is 0 Å². The molecular weight excluding hydrogens is 458 g/mol. The van der Waals surface area contributed by atoms with Crippen LogP contribution in [0.2, 0.25) is 0 Å². The van der Waals surface area contributed by atoms with Gasteiger partial charge in [0.1, 0.15) is 5.69 Å². The number of nitrogens with one attached hydrogen (secondary N) is 3. The highest BCUT2D eigenvalue weighted by molar-refractivity contribution is 9.10. The van der Waals surface area contributed by atoms with Gasteiger partial charge >= 0.3 is 0 Å². The molecule has 0 unspecified atom stereocenters. The highest BCUT2D eigenvalue weighted by Gasteiger charge is 2.14. The number of benzene rings is 2. The third-order valence-corrected chi connectivity index (χ3v) is 5.07. The lowest BCUT2D eigenvalue weighted by molar-refractivity contribution is -0.113. The van der Waals surface area contributed by atoms with Crippen LogP contribution in [-0.4, -0.2) is 27.5 Å². The molecule has 0 radical (unpaired) electrons. The molecule has 0 atom stereocenters. The average Bonchev–Trinajstić information content (AvgIpc) is 2.71. The van der Waals surface area contributed by atoms with Crippen molar-refractivity contribution in [1.29, 1.82) is 0 Å². The molecule has 1 heterocycles. The quantitative estimate of drug-likeness (QED) is 0.321. The van der Waals surface area contributed by atoms with E-state index in [0.29, 0.717) is 11.3 Å². The van der Waals surface area contributed by atoms with Gasteiger partial charge in [-0.3, -0.25) is 19.4 Å². The fourth-order valence-corrected chi connectivity index (χ4v) is 3.23. The van der Waals surface area contributed by atoms with Crippen molar-refractivity contribution in [3.05, 3.63) is 75.0 Å². The summed E-state index contributed by atoms with van der Waals surface area (Å²) >= 11 is 4.35. The Morgan fingerprint density at radius 2 is 1.76 bits per heavy atom. The first-order valence-electron chi connectivity index (χ1n) is 8.37. The lowest BCUT2D eigenvalue weighted by Gasteiger charge is -2.09. The van der Waals surface area contributed by atoms with Crippen LogP contribution in [0.1, 0.15) is 10.4 Å². The maximum absolute atomic E-state index is 12.3. The van der Waals surface area contributed by atoms with Crippen molar-refractivity contribution in [2.75, 3.05) is 22.1 Å². The van der Waals surface area contributed by atoms with Gasteiger partial charge in [0.25, 0.3) is 11.5 Å². The second kappa shape index (κ2) is 9.39. The Bertz CT molecular complexity index is 1090. The first kappa shape index (κ1) is 20.6. The molecule has 1 aromatic heterocycles. The number of carbonyl (C=O) groups is 2. The Morgan fingerprint density at radius 1 is 1.07 bits per heavy atom. The van der Waals surface area contributed by atoms with E-state index in [-0.39, 0.29) is 28.3 Å². The summed E-state index contributed by atoms with van der Waals surface area (Å²) in [5.74, 6) is -0.846. The largest absolute Gasteiger partial charge is 0.382 e. The van der Waals surface area contributed by atoms with Crippen molar-refractivity contribution < 1.29 is 9.59 Å². The molecule has 2 aromatic carbocycles. The molecule has 148 valence electrons. The van der Waals surface area contributed by atoms with Crippen LogP contribution in [0.15, 0.2) is 69.0 Å². The van der Waals surface area contributed by atoms with E-state index in [4.69, 9.17) is 5.73 Å². The van der Waals surface area contributed by atoms with Crippen LogP contribution in [0, 0.1) is 0 Å². The minimum atomic E-state index is -0.599. The summed E-state index contributed by atoms with van der Waals surface area (Å²) in [6.07, 6.45) is 0. The first-order chi connectivity index (χ1) is 13.9. The molecule has 3 aromatic rings. The molecule has 0 aliphatic rings. The van der Waals surface area contributed by atoms with E-state index in [9.17, 15) is 14.4 Å². The number of nitrogens with zero attached hydrogens (tertiary/aromatic N) is 1. The normalized spacial score (nSPS) is 10.4. The predicted octanol–water partition coefficient (Wildman–Crippen LogP) is 3.10. The lowest BCUT2D eigenvalue weighted by atomic mass is 10.2. The van der Waals surface area contributed by atoms with Gasteiger partial charge in [0, 0.05) is 15.7 Å². The average molecular weight is 474 g/mol. The van der Waals surface area contributed by atoms with Crippen molar-refractivity contribution in [2.45, 2.75) is 5.16 Å². The van der Waals surface area contributed by atoms with Crippen LogP contribution in [0.5, 0.6) is 0 Å². The van der Waals surface area contributed by atoms with E-state index in [1.165, 1.54) is 0 Å². The van der Waals surface area contributed by atoms with E-state index < -0.39 is 11.5 Å². The van der Waals surface area contributed by atoms with Crippen LogP contribution < -0.4 is 21.9 Å². The van der Waals surface area contributed by atoms with Gasteiger partial charge in [-0.05, 0) is 36.4 Å². The molecule has 3 rings (SSSR count). The number of aromatic nitrogens is 2. The zero-order valence-corrected chi connectivity index (χ0v) is 17.3. The Labute approximate surface area is 178 Å². The molecule has 10 heteroatoms. The number of H-pyrrole nitrogens is 1. The van der Waals surface area contributed by atoms with Crippen molar-refractivity contribution in [1.82, 2.24) is 9.97 Å². The number of hydrogen-bond acceptors (Lipinski definition) is 6. The zero-order chi connectivity index (χ0) is 20.8. The summed E-state index contributed by atoms with van der Waals surface area (Å²) in [6.45, 7) is 0. The molecule has 0 bridgehead atoms. The summed E-state index contributed by atoms with van der Waals surface area (Å²) in [5, 5.41) is 5.37. The SMILES string of the molecule is Nc1nc(SCC(=O)Nc2ccc(Br)cc2)[nH]c(=O)c1NC(=O)c1ccccc1. The van der Waals surface area contributed by atoms with Crippen molar-refractivity contribution in [3.63, 3.8) is 0 Å². The molecular formula is C19H16BrN5O3S.